The number of nitrogens with one attached hydrogen (secondary N) is 3. The highest BCUT2D eigenvalue weighted by atomic mass is 16.6. The summed E-state index contributed by atoms with van der Waals surface area (Å²) >= 11 is 0. The monoisotopic (exact) mass is 325 g/mol. The van der Waals surface area contributed by atoms with Crippen LogP contribution in [0.25, 0.3) is 0 Å². The van der Waals surface area contributed by atoms with Crippen molar-refractivity contribution in [3.05, 3.63) is 11.6 Å². The Hall–Kier alpha value is -2.12. The van der Waals surface area contributed by atoms with E-state index in [1.807, 2.05) is 13.8 Å². The zero-order valence-electron chi connectivity index (χ0n) is 14.7. The van der Waals surface area contributed by atoms with Crippen molar-refractivity contribution in [1.82, 2.24) is 25.8 Å². The lowest BCUT2D eigenvalue weighted by Crippen LogP contribution is -2.37. The molecule has 0 spiro atoms. The molecular weight excluding hydrogens is 298 g/mol. The summed E-state index contributed by atoms with van der Waals surface area (Å²) in [5, 5.41) is 12.3. The number of aryl methyl sites for hydroxylation is 1. The van der Waals surface area contributed by atoms with E-state index < -0.39 is 11.7 Å². The first-order valence-electron chi connectivity index (χ1n) is 7.73. The van der Waals surface area contributed by atoms with Gasteiger partial charge in [-0.15, -0.1) is 0 Å². The molecule has 0 saturated carbocycles. The van der Waals surface area contributed by atoms with Gasteiger partial charge in [-0.05, 0) is 33.6 Å². The number of amides is 2. The average Bonchev–Trinajstić information content (AvgIpc) is 2.79. The van der Waals surface area contributed by atoms with E-state index in [0.29, 0.717) is 11.6 Å². The van der Waals surface area contributed by atoms with Crippen molar-refractivity contribution in [3.8, 4) is 0 Å². The molecule has 23 heavy (non-hydrogen) atoms. The molecule has 0 aliphatic rings. The van der Waals surface area contributed by atoms with Gasteiger partial charge in [-0.25, -0.2) is 9.78 Å². The van der Waals surface area contributed by atoms with E-state index in [-0.39, 0.29) is 30.8 Å². The van der Waals surface area contributed by atoms with Gasteiger partial charge in [0.1, 0.15) is 11.4 Å². The van der Waals surface area contributed by atoms with Crippen LogP contribution in [-0.4, -0.2) is 39.3 Å². The Balaban J connectivity index is 2.44. The summed E-state index contributed by atoms with van der Waals surface area (Å²) in [6.45, 7) is 11.3. The molecule has 1 heterocycles. The Labute approximate surface area is 136 Å². The predicted octanol–water partition coefficient (Wildman–Crippen LogP) is 1.84. The second kappa shape index (κ2) is 7.94. The molecule has 3 N–H and O–H groups in total. The van der Waals surface area contributed by atoms with Crippen molar-refractivity contribution in [3.63, 3.8) is 0 Å². The van der Waals surface area contributed by atoms with Crippen LogP contribution in [0.2, 0.25) is 0 Å². The number of aromatic nitrogens is 3. The predicted molar refractivity (Wildman–Crippen MR) is 85.7 cm³/mol. The number of aromatic amines is 1. The van der Waals surface area contributed by atoms with Gasteiger partial charge in [0.2, 0.25) is 5.91 Å². The number of ether oxygens (including phenoxy) is 1. The number of H-pyrrole nitrogens is 1. The SMILES string of the molecule is Cc1nc(C(NC(=O)CCNC(=O)OC(C)(C)C)C(C)C)n[nH]1. The van der Waals surface area contributed by atoms with Crippen LogP contribution in [0.5, 0.6) is 0 Å². The van der Waals surface area contributed by atoms with Gasteiger partial charge in [0.05, 0.1) is 6.04 Å². The minimum Gasteiger partial charge on any atom is -0.444 e. The summed E-state index contributed by atoms with van der Waals surface area (Å²) in [4.78, 5) is 27.8. The van der Waals surface area contributed by atoms with Crippen LogP contribution in [0.1, 0.15) is 58.7 Å². The first-order chi connectivity index (χ1) is 10.6. The van der Waals surface area contributed by atoms with E-state index in [1.165, 1.54) is 0 Å². The summed E-state index contributed by atoms with van der Waals surface area (Å²) in [5.41, 5.74) is -0.557. The molecule has 0 bridgehead atoms. The first kappa shape index (κ1) is 18.9. The lowest BCUT2D eigenvalue weighted by atomic mass is 10.0. The van der Waals surface area contributed by atoms with Gasteiger partial charge in [0.15, 0.2) is 5.82 Å². The van der Waals surface area contributed by atoms with Crippen molar-refractivity contribution in [2.45, 2.75) is 59.6 Å². The van der Waals surface area contributed by atoms with Crippen molar-refractivity contribution >= 4 is 12.0 Å². The quantitative estimate of drug-likeness (QED) is 0.739. The maximum atomic E-state index is 12.0. The molecule has 1 unspecified atom stereocenters. The highest BCUT2D eigenvalue weighted by molar-refractivity contribution is 5.77. The standard InChI is InChI=1S/C15H27N5O3/c1-9(2)12(13-17-10(3)19-20-13)18-11(21)7-8-16-14(22)23-15(4,5)6/h9,12H,7-8H2,1-6H3,(H,16,22)(H,18,21)(H,17,19,20). The lowest BCUT2D eigenvalue weighted by molar-refractivity contribution is -0.122. The molecule has 0 aliphatic heterocycles. The number of rotatable bonds is 6. The van der Waals surface area contributed by atoms with Crippen molar-refractivity contribution in [2.24, 2.45) is 5.92 Å². The van der Waals surface area contributed by atoms with Gasteiger partial charge >= 0.3 is 6.09 Å². The molecule has 1 aromatic rings. The van der Waals surface area contributed by atoms with Gasteiger partial charge in [-0.2, -0.15) is 5.10 Å². The maximum Gasteiger partial charge on any atom is 0.407 e. The Morgan fingerprint density at radius 1 is 1.30 bits per heavy atom. The zero-order valence-corrected chi connectivity index (χ0v) is 14.7. The summed E-state index contributed by atoms with van der Waals surface area (Å²) in [7, 11) is 0. The van der Waals surface area contributed by atoms with E-state index in [4.69, 9.17) is 4.74 Å². The third-order valence-electron chi connectivity index (χ3n) is 2.90. The Bertz CT molecular complexity index is 533. The Kier molecular flexibility index (Phi) is 6.53. The fourth-order valence-electron chi connectivity index (χ4n) is 1.87. The summed E-state index contributed by atoms with van der Waals surface area (Å²) in [6, 6.07) is -0.269. The highest BCUT2D eigenvalue weighted by Crippen LogP contribution is 2.18. The van der Waals surface area contributed by atoms with Crippen LogP contribution >= 0.6 is 0 Å². The number of carbonyl (C=O) groups excluding carboxylic acids is 2. The summed E-state index contributed by atoms with van der Waals surface area (Å²) in [5.74, 6) is 1.23. The number of hydrogen-bond acceptors (Lipinski definition) is 5. The largest absolute Gasteiger partial charge is 0.444 e. The molecule has 0 fully saturated rings. The van der Waals surface area contributed by atoms with Crippen LogP contribution < -0.4 is 10.6 Å². The molecule has 0 radical (unpaired) electrons. The van der Waals surface area contributed by atoms with Crippen LogP contribution in [0.3, 0.4) is 0 Å². The molecule has 1 aromatic heterocycles. The molecule has 2 amide bonds. The van der Waals surface area contributed by atoms with Crippen molar-refractivity contribution in [2.75, 3.05) is 6.54 Å². The molecule has 1 rings (SSSR count). The minimum atomic E-state index is -0.557. The lowest BCUT2D eigenvalue weighted by Gasteiger charge is -2.20. The molecule has 0 saturated heterocycles. The Morgan fingerprint density at radius 3 is 2.43 bits per heavy atom. The number of alkyl carbamates (subject to hydrolysis) is 1. The average molecular weight is 325 g/mol. The van der Waals surface area contributed by atoms with E-state index in [0.717, 1.165) is 0 Å². The molecule has 1 atom stereocenters. The summed E-state index contributed by atoms with van der Waals surface area (Å²) < 4.78 is 5.11. The van der Waals surface area contributed by atoms with Gasteiger partial charge < -0.3 is 15.4 Å². The molecule has 0 aromatic carbocycles. The second-order valence-corrected chi connectivity index (χ2v) is 6.75. The highest BCUT2D eigenvalue weighted by Gasteiger charge is 2.22. The molecule has 8 heteroatoms. The van der Waals surface area contributed by atoms with E-state index in [1.54, 1.807) is 27.7 Å². The minimum absolute atomic E-state index is 0.146. The molecule has 8 nitrogen and oxygen atoms in total. The van der Waals surface area contributed by atoms with Crippen molar-refractivity contribution < 1.29 is 14.3 Å². The third-order valence-corrected chi connectivity index (χ3v) is 2.90. The van der Waals surface area contributed by atoms with Crippen LogP contribution in [0.4, 0.5) is 4.79 Å². The number of nitrogens with zero attached hydrogens (tertiary/aromatic N) is 2. The van der Waals surface area contributed by atoms with Gasteiger partial charge in [-0.1, -0.05) is 13.8 Å². The van der Waals surface area contributed by atoms with Crippen molar-refractivity contribution in [1.29, 1.82) is 0 Å². The number of hydrogen-bond donors (Lipinski definition) is 3. The zero-order chi connectivity index (χ0) is 17.6. The summed E-state index contributed by atoms with van der Waals surface area (Å²) in [6.07, 6.45) is -0.374. The second-order valence-electron chi connectivity index (χ2n) is 6.75. The fourth-order valence-corrected chi connectivity index (χ4v) is 1.87. The first-order valence-corrected chi connectivity index (χ1v) is 7.73. The topological polar surface area (TPSA) is 109 Å². The molecule has 130 valence electrons. The smallest absolute Gasteiger partial charge is 0.407 e. The van der Waals surface area contributed by atoms with E-state index in [2.05, 4.69) is 25.8 Å². The van der Waals surface area contributed by atoms with E-state index in [9.17, 15) is 9.59 Å². The van der Waals surface area contributed by atoms with Crippen LogP contribution in [0, 0.1) is 12.8 Å². The van der Waals surface area contributed by atoms with Gasteiger partial charge in [-0.3, -0.25) is 9.89 Å². The van der Waals surface area contributed by atoms with Crippen LogP contribution in [0.15, 0.2) is 0 Å². The third kappa shape index (κ3) is 7.12. The van der Waals surface area contributed by atoms with Gasteiger partial charge in [0, 0.05) is 13.0 Å². The number of carbonyl (C=O) groups is 2. The molecule has 0 aliphatic carbocycles. The fraction of sp³-hybridized carbons (Fsp3) is 0.733. The Morgan fingerprint density at radius 2 is 1.96 bits per heavy atom. The van der Waals surface area contributed by atoms with Crippen LogP contribution in [-0.2, 0) is 9.53 Å². The maximum absolute atomic E-state index is 12.0. The normalized spacial score (nSPS) is 12.8. The van der Waals surface area contributed by atoms with E-state index >= 15 is 0 Å². The molecular formula is C15H27N5O3. The van der Waals surface area contributed by atoms with Gasteiger partial charge in [0.25, 0.3) is 0 Å².